The molecule has 3 aromatic rings. The first-order valence-corrected chi connectivity index (χ1v) is 15.8. The smallest absolute Gasteiger partial charge is 0.365 e. The highest BCUT2D eigenvalue weighted by Crippen LogP contribution is 2.42. The quantitative estimate of drug-likeness (QED) is 0.344. The Balaban J connectivity index is 1.33. The van der Waals surface area contributed by atoms with Crippen LogP contribution >= 0.6 is 0 Å². The van der Waals surface area contributed by atoms with Gasteiger partial charge < -0.3 is 19.6 Å². The number of para-hydroxylation sites is 1. The van der Waals surface area contributed by atoms with E-state index in [0.717, 1.165) is 45.0 Å². The summed E-state index contributed by atoms with van der Waals surface area (Å²) in [6.45, 7) is 9.61. The predicted molar refractivity (Wildman–Crippen MR) is 177 cm³/mol. The zero-order valence-corrected chi connectivity index (χ0v) is 27.8. The van der Waals surface area contributed by atoms with Gasteiger partial charge in [0.15, 0.2) is 0 Å². The molecule has 3 amide bonds. The number of benzene rings is 2. The summed E-state index contributed by atoms with van der Waals surface area (Å²) in [5.74, 6) is -1.59. The molecule has 0 N–H and O–H groups in total. The molecule has 0 unspecified atom stereocenters. The van der Waals surface area contributed by atoms with Gasteiger partial charge in [0.05, 0.1) is 16.9 Å². The minimum atomic E-state index is -4.64. The summed E-state index contributed by atoms with van der Waals surface area (Å²) >= 11 is 0. The molecule has 0 saturated carbocycles. The zero-order valence-electron chi connectivity index (χ0n) is 27.8. The average molecular weight is 661 g/mol. The molecule has 2 atom stereocenters. The second-order valence-electron chi connectivity index (χ2n) is 13.4. The number of carbonyl (C=O) groups is 3. The third-order valence-corrected chi connectivity index (χ3v) is 9.34. The molecule has 2 aromatic carbocycles. The number of carbonyl (C=O) groups excluding carboxylic acids is 3. The second kappa shape index (κ2) is 12.4. The molecule has 3 aliphatic rings. The van der Waals surface area contributed by atoms with E-state index in [-0.39, 0.29) is 29.7 Å². The van der Waals surface area contributed by atoms with Crippen LogP contribution < -0.4 is 14.7 Å². The molecule has 0 radical (unpaired) electrons. The molecular formula is C36H39F3N6O3. The van der Waals surface area contributed by atoms with Crippen LogP contribution in [-0.4, -0.2) is 72.8 Å². The van der Waals surface area contributed by atoms with Gasteiger partial charge in [0, 0.05) is 63.4 Å². The lowest BCUT2D eigenvalue weighted by atomic mass is 9.94. The Morgan fingerprint density at radius 2 is 1.77 bits per heavy atom. The van der Waals surface area contributed by atoms with Crippen molar-refractivity contribution >= 4 is 34.9 Å². The number of halogens is 3. The number of amides is 3. The number of fused-ring (bicyclic) bond motifs is 3. The number of pyridine rings is 1. The van der Waals surface area contributed by atoms with Crippen molar-refractivity contribution in [3.63, 3.8) is 0 Å². The molecule has 0 aliphatic carbocycles. The number of hydrogen-bond donors (Lipinski definition) is 0. The summed E-state index contributed by atoms with van der Waals surface area (Å²) in [6.07, 6.45) is -4.66. The fourth-order valence-electron chi connectivity index (χ4n) is 7.23. The standard InChI is InChI=1S/C36H39F3N6O3/c1-21-8-7-9-29-32(21)43(17-24-10-11-25-18-44(19-26(25)13-24)34(47)22(2)16-41(4)5)20-27-14-31(46)45(33(27)35(48)42(29)6)30-15-28(36(37,38)39)12-23(3)40-30/h7-13,15,27,33H,2,14,16-20H2,1,3-6H3/t27-,33+/m1/s1. The summed E-state index contributed by atoms with van der Waals surface area (Å²) in [4.78, 5) is 53.6. The molecule has 9 nitrogen and oxygen atoms in total. The molecule has 4 heterocycles. The van der Waals surface area contributed by atoms with Gasteiger partial charge >= 0.3 is 6.18 Å². The molecule has 0 spiro atoms. The van der Waals surface area contributed by atoms with Crippen LogP contribution in [0.25, 0.3) is 0 Å². The van der Waals surface area contributed by atoms with Gasteiger partial charge in [-0.2, -0.15) is 13.2 Å². The lowest BCUT2D eigenvalue weighted by Crippen LogP contribution is -2.52. The van der Waals surface area contributed by atoms with Gasteiger partial charge in [-0.1, -0.05) is 36.9 Å². The Morgan fingerprint density at radius 3 is 2.48 bits per heavy atom. The van der Waals surface area contributed by atoms with E-state index in [1.54, 1.807) is 11.9 Å². The fraction of sp³-hybridized carbons (Fsp3) is 0.389. The zero-order chi connectivity index (χ0) is 34.7. The Kier molecular flexibility index (Phi) is 8.57. The molecule has 12 heteroatoms. The fourth-order valence-corrected chi connectivity index (χ4v) is 7.23. The number of rotatable bonds is 6. The first-order chi connectivity index (χ1) is 22.6. The van der Waals surface area contributed by atoms with Crippen molar-refractivity contribution in [2.75, 3.05) is 48.9 Å². The van der Waals surface area contributed by atoms with Crippen molar-refractivity contribution in [3.05, 3.63) is 94.2 Å². The average Bonchev–Trinajstić information content (AvgIpc) is 3.58. The highest BCUT2D eigenvalue weighted by molar-refractivity contribution is 6.10. The van der Waals surface area contributed by atoms with E-state index in [1.807, 2.05) is 56.3 Å². The van der Waals surface area contributed by atoms with Gasteiger partial charge in [-0.15, -0.1) is 0 Å². The van der Waals surface area contributed by atoms with Crippen molar-refractivity contribution in [2.45, 2.75) is 52.1 Å². The monoisotopic (exact) mass is 660 g/mol. The van der Waals surface area contributed by atoms with Crippen molar-refractivity contribution in [2.24, 2.45) is 5.92 Å². The van der Waals surface area contributed by atoms with E-state index >= 15 is 0 Å². The van der Waals surface area contributed by atoms with Crippen molar-refractivity contribution in [3.8, 4) is 0 Å². The Bertz CT molecular complexity index is 1820. The van der Waals surface area contributed by atoms with Gasteiger partial charge in [-0.05, 0) is 68.4 Å². The SMILES string of the molecule is C=C(CN(C)C)C(=O)N1Cc2ccc(CN3C[C@H]4CC(=O)N(c5cc(C(F)(F)F)cc(C)n5)[C@@H]4C(=O)N(C)c4cccc(C)c43)cc2C1. The highest BCUT2D eigenvalue weighted by Gasteiger charge is 2.49. The Hall–Kier alpha value is -4.71. The lowest BCUT2D eigenvalue weighted by Gasteiger charge is -2.39. The third kappa shape index (κ3) is 6.16. The number of aromatic nitrogens is 1. The minimum absolute atomic E-state index is 0.0168. The number of anilines is 3. The molecule has 1 aromatic heterocycles. The molecule has 6 rings (SSSR count). The van der Waals surface area contributed by atoms with Crippen LogP contribution in [0.1, 0.15) is 39.9 Å². The largest absolute Gasteiger partial charge is 0.416 e. The molecule has 252 valence electrons. The molecule has 3 aliphatic heterocycles. The number of alkyl halides is 3. The van der Waals surface area contributed by atoms with Gasteiger partial charge in [-0.3, -0.25) is 19.3 Å². The van der Waals surface area contributed by atoms with Gasteiger partial charge in [0.25, 0.3) is 5.91 Å². The summed E-state index contributed by atoms with van der Waals surface area (Å²) in [7, 11) is 5.43. The van der Waals surface area contributed by atoms with Crippen LogP contribution in [-0.2, 0) is 40.2 Å². The molecular weight excluding hydrogens is 621 g/mol. The van der Waals surface area contributed by atoms with Crippen LogP contribution in [0, 0.1) is 19.8 Å². The van der Waals surface area contributed by atoms with Crippen LogP contribution in [0.4, 0.5) is 30.4 Å². The first kappa shape index (κ1) is 33.2. The van der Waals surface area contributed by atoms with E-state index in [0.29, 0.717) is 44.0 Å². The van der Waals surface area contributed by atoms with Gasteiger partial charge in [0.2, 0.25) is 11.8 Å². The van der Waals surface area contributed by atoms with Crippen molar-refractivity contribution in [1.82, 2.24) is 14.8 Å². The minimum Gasteiger partial charge on any atom is -0.365 e. The number of aryl methyl sites for hydroxylation is 2. The maximum absolute atomic E-state index is 14.2. The first-order valence-electron chi connectivity index (χ1n) is 15.8. The number of hydrogen-bond acceptors (Lipinski definition) is 6. The highest BCUT2D eigenvalue weighted by atomic mass is 19.4. The van der Waals surface area contributed by atoms with Gasteiger partial charge in [0.1, 0.15) is 11.9 Å². The maximum Gasteiger partial charge on any atom is 0.416 e. The summed E-state index contributed by atoms with van der Waals surface area (Å²) < 4.78 is 41.3. The summed E-state index contributed by atoms with van der Waals surface area (Å²) in [5, 5.41) is 0. The summed E-state index contributed by atoms with van der Waals surface area (Å²) in [6, 6.07) is 12.6. The van der Waals surface area contributed by atoms with E-state index in [9.17, 15) is 27.6 Å². The number of nitrogens with zero attached hydrogens (tertiary/aromatic N) is 6. The van der Waals surface area contributed by atoms with Crippen LogP contribution in [0.2, 0.25) is 0 Å². The lowest BCUT2D eigenvalue weighted by molar-refractivity contribution is -0.137. The van der Waals surface area contributed by atoms with Crippen molar-refractivity contribution in [1.29, 1.82) is 0 Å². The molecule has 0 bridgehead atoms. The molecule has 1 fully saturated rings. The Labute approximate surface area is 278 Å². The summed E-state index contributed by atoms with van der Waals surface area (Å²) in [5.41, 5.74) is 5.26. The predicted octanol–water partition coefficient (Wildman–Crippen LogP) is 5.08. The molecule has 48 heavy (non-hydrogen) atoms. The van der Waals surface area contributed by atoms with Crippen LogP contribution in [0.15, 0.2) is 60.7 Å². The molecule has 1 saturated heterocycles. The van der Waals surface area contributed by atoms with E-state index in [4.69, 9.17) is 0 Å². The second-order valence-corrected chi connectivity index (χ2v) is 13.4. The van der Waals surface area contributed by atoms with Gasteiger partial charge in [-0.25, -0.2) is 4.98 Å². The van der Waals surface area contributed by atoms with E-state index in [2.05, 4.69) is 22.5 Å². The van der Waals surface area contributed by atoms with Crippen molar-refractivity contribution < 1.29 is 27.6 Å². The topological polar surface area (TPSA) is 80.3 Å². The maximum atomic E-state index is 14.2. The van der Waals surface area contributed by atoms with Crippen LogP contribution in [0.5, 0.6) is 0 Å². The third-order valence-electron chi connectivity index (χ3n) is 9.34. The van der Waals surface area contributed by atoms with E-state index in [1.165, 1.54) is 11.8 Å². The normalized spacial score (nSPS) is 19.4. The number of likely N-dealkylation sites (N-methyl/N-ethyl adjacent to an activating group) is 2. The van der Waals surface area contributed by atoms with Crippen LogP contribution in [0.3, 0.4) is 0 Å². The van der Waals surface area contributed by atoms with E-state index < -0.39 is 29.6 Å². The Morgan fingerprint density at radius 1 is 1.04 bits per heavy atom.